The molecular formula is C11H20N2O3. The molecule has 5 heteroatoms. The van der Waals surface area contributed by atoms with Crippen LogP contribution in [0.1, 0.15) is 19.3 Å². The molecule has 0 bridgehead atoms. The van der Waals surface area contributed by atoms with Crippen molar-refractivity contribution in [1.82, 2.24) is 10.6 Å². The van der Waals surface area contributed by atoms with Crippen molar-refractivity contribution in [3.8, 4) is 0 Å². The van der Waals surface area contributed by atoms with E-state index in [0.29, 0.717) is 19.8 Å². The van der Waals surface area contributed by atoms with E-state index >= 15 is 0 Å². The lowest BCUT2D eigenvalue weighted by atomic mass is 10.3. The normalized spacial score (nSPS) is 24.4. The number of carbonyl (C=O) groups excluding carboxylic acids is 1. The Morgan fingerprint density at radius 1 is 1.38 bits per heavy atom. The molecule has 2 fully saturated rings. The highest BCUT2D eigenvalue weighted by Crippen LogP contribution is 2.28. The minimum Gasteiger partial charge on any atom is -0.379 e. The van der Waals surface area contributed by atoms with E-state index < -0.39 is 0 Å². The second-order valence-electron chi connectivity index (χ2n) is 4.48. The van der Waals surface area contributed by atoms with Gasteiger partial charge in [-0.1, -0.05) is 0 Å². The molecule has 16 heavy (non-hydrogen) atoms. The standard InChI is InChI=1S/C11H20N2O3/c14-11(13-10-3-5-15-8-10)12-4-6-16-7-9-1-2-9/h9-10H,1-8H2,(H2,12,13,14). The lowest BCUT2D eigenvalue weighted by molar-refractivity contribution is 0.126. The van der Waals surface area contributed by atoms with E-state index in [-0.39, 0.29) is 12.1 Å². The summed E-state index contributed by atoms with van der Waals surface area (Å²) in [5, 5.41) is 5.63. The molecule has 92 valence electrons. The third-order valence-electron chi connectivity index (χ3n) is 2.85. The summed E-state index contributed by atoms with van der Waals surface area (Å²) in [5.74, 6) is 0.782. The Hall–Kier alpha value is -0.810. The lowest BCUT2D eigenvalue weighted by Crippen LogP contribution is -2.43. The minimum absolute atomic E-state index is 0.120. The number of urea groups is 1. The van der Waals surface area contributed by atoms with Gasteiger partial charge in [0.1, 0.15) is 0 Å². The van der Waals surface area contributed by atoms with Crippen LogP contribution in [0.3, 0.4) is 0 Å². The number of ether oxygens (including phenoxy) is 2. The fraction of sp³-hybridized carbons (Fsp3) is 0.909. The Morgan fingerprint density at radius 2 is 2.25 bits per heavy atom. The topological polar surface area (TPSA) is 59.6 Å². The first-order valence-electron chi connectivity index (χ1n) is 6.04. The summed E-state index contributed by atoms with van der Waals surface area (Å²) in [6.07, 6.45) is 3.51. The van der Waals surface area contributed by atoms with Crippen molar-refractivity contribution >= 4 is 6.03 Å². The predicted molar refractivity (Wildman–Crippen MR) is 59.3 cm³/mol. The number of rotatable bonds is 6. The fourth-order valence-corrected chi connectivity index (χ4v) is 1.66. The van der Waals surface area contributed by atoms with E-state index in [9.17, 15) is 4.79 Å². The number of nitrogens with one attached hydrogen (secondary N) is 2. The summed E-state index contributed by atoms with van der Waals surface area (Å²) in [6, 6.07) is 0.0536. The van der Waals surface area contributed by atoms with E-state index in [4.69, 9.17) is 9.47 Å². The average Bonchev–Trinajstić information content (AvgIpc) is 2.95. The monoisotopic (exact) mass is 228 g/mol. The van der Waals surface area contributed by atoms with Crippen LogP contribution < -0.4 is 10.6 Å². The quantitative estimate of drug-likeness (QED) is 0.651. The molecule has 0 aromatic carbocycles. The Bertz CT molecular complexity index is 225. The van der Waals surface area contributed by atoms with Crippen molar-refractivity contribution in [2.24, 2.45) is 5.92 Å². The van der Waals surface area contributed by atoms with Crippen LogP contribution in [0.25, 0.3) is 0 Å². The van der Waals surface area contributed by atoms with Gasteiger partial charge in [0.05, 0.1) is 19.3 Å². The molecule has 0 aromatic heterocycles. The SMILES string of the molecule is O=C(NCCOCC1CC1)NC1CCOC1. The van der Waals surface area contributed by atoms with Crippen LogP contribution in [-0.4, -0.2) is 45.0 Å². The maximum atomic E-state index is 11.4. The first-order valence-corrected chi connectivity index (χ1v) is 6.04. The predicted octanol–water partition coefficient (Wildman–Crippen LogP) is 0.501. The summed E-state index contributed by atoms with van der Waals surface area (Å²) in [4.78, 5) is 11.4. The van der Waals surface area contributed by atoms with Gasteiger partial charge in [-0.15, -0.1) is 0 Å². The van der Waals surface area contributed by atoms with E-state index in [1.807, 2.05) is 0 Å². The average molecular weight is 228 g/mol. The highest BCUT2D eigenvalue weighted by Gasteiger charge is 2.21. The van der Waals surface area contributed by atoms with E-state index in [1.54, 1.807) is 0 Å². The molecule has 0 spiro atoms. The molecule has 1 aliphatic carbocycles. The Balaban J connectivity index is 1.43. The molecule has 1 unspecified atom stereocenters. The summed E-state index contributed by atoms with van der Waals surface area (Å²) in [7, 11) is 0. The van der Waals surface area contributed by atoms with Gasteiger partial charge >= 0.3 is 6.03 Å². The van der Waals surface area contributed by atoms with Crippen molar-refractivity contribution in [2.45, 2.75) is 25.3 Å². The molecule has 0 aromatic rings. The van der Waals surface area contributed by atoms with Gasteiger partial charge in [-0.2, -0.15) is 0 Å². The molecule has 1 aliphatic heterocycles. The van der Waals surface area contributed by atoms with Gasteiger partial charge in [-0.3, -0.25) is 0 Å². The van der Waals surface area contributed by atoms with Gasteiger partial charge in [0, 0.05) is 19.8 Å². The largest absolute Gasteiger partial charge is 0.379 e. The zero-order chi connectivity index (χ0) is 11.2. The van der Waals surface area contributed by atoms with Gasteiger partial charge in [-0.05, 0) is 25.2 Å². The molecule has 2 rings (SSSR count). The third-order valence-corrected chi connectivity index (χ3v) is 2.85. The Labute approximate surface area is 95.9 Å². The molecule has 2 amide bonds. The number of hydrogen-bond donors (Lipinski definition) is 2. The van der Waals surface area contributed by atoms with E-state index in [2.05, 4.69) is 10.6 Å². The molecule has 1 saturated carbocycles. The van der Waals surface area contributed by atoms with E-state index in [0.717, 1.165) is 25.6 Å². The molecule has 2 aliphatic rings. The smallest absolute Gasteiger partial charge is 0.315 e. The lowest BCUT2D eigenvalue weighted by Gasteiger charge is -2.11. The first-order chi connectivity index (χ1) is 7.84. The molecule has 5 nitrogen and oxygen atoms in total. The fourth-order valence-electron chi connectivity index (χ4n) is 1.66. The zero-order valence-electron chi connectivity index (χ0n) is 9.54. The number of amides is 2. The maximum absolute atomic E-state index is 11.4. The van der Waals surface area contributed by atoms with Crippen molar-refractivity contribution in [3.63, 3.8) is 0 Å². The molecule has 1 saturated heterocycles. The third kappa shape index (κ3) is 4.37. The Kier molecular flexibility index (Phi) is 4.42. The van der Waals surface area contributed by atoms with Gasteiger partial charge in [-0.25, -0.2) is 4.79 Å². The zero-order valence-corrected chi connectivity index (χ0v) is 9.54. The van der Waals surface area contributed by atoms with Crippen LogP contribution in [0.5, 0.6) is 0 Å². The van der Waals surface area contributed by atoms with Crippen LogP contribution in [0.4, 0.5) is 4.79 Å². The second-order valence-corrected chi connectivity index (χ2v) is 4.48. The van der Waals surface area contributed by atoms with Crippen LogP contribution in [0.2, 0.25) is 0 Å². The van der Waals surface area contributed by atoms with Gasteiger partial charge in [0.2, 0.25) is 0 Å². The van der Waals surface area contributed by atoms with Crippen LogP contribution in [0, 0.1) is 5.92 Å². The van der Waals surface area contributed by atoms with Crippen molar-refractivity contribution < 1.29 is 14.3 Å². The van der Waals surface area contributed by atoms with Crippen molar-refractivity contribution in [1.29, 1.82) is 0 Å². The van der Waals surface area contributed by atoms with Crippen LogP contribution in [-0.2, 0) is 9.47 Å². The highest BCUT2D eigenvalue weighted by atomic mass is 16.5. The molecule has 0 radical (unpaired) electrons. The van der Waals surface area contributed by atoms with Crippen LogP contribution in [0.15, 0.2) is 0 Å². The summed E-state index contributed by atoms with van der Waals surface area (Å²) >= 11 is 0. The molecule has 1 heterocycles. The highest BCUT2D eigenvalue weighted by molar-refractivity contribution is 5.74. The number of carbonyl (C=O) groups is 1. The molecule has 1 atom stereocenters. The van der Waals surface area contributed by atoms with Crippen LogP contribution >= 0.6 is 0 Å². The summed E-state index contributed by atoms with van der Waals surface area (Å²) in [6.45, 7) is 3.40. The van der Waals surface area contributed by atoms with Gasteiger partial charge < -0.3 is 20.1 Å². The van der Waals surface area contributed by atoms with E-state index in [1.165, 1.54) is 12.8 Å². The maximum Gasteiger partial charge on any atom is 0.315 e. The molecule has 2 N–H and O–H groups in total. The second kappa shape index (κ2) is 6.06. The van der Waals surface area contributed by atoms with Crippen molar-refractivity contribution in [3.05, 3.63) is 0 Å². The number of hydrogen-bond acceptors (Lipinski definition) is 3. The van der Waals surface area contributed by atoms with Crippen molar-refractivity contribution in [2.75, 3.05) is 33.0 Å². The Morgan fingerprint density at radius 3 is 2.94 bits per heavy atom. The summed E-state index contributed by atoms with van der Waals surface area (Å²) in [5.41, 5.74) is 0. The molecular weight excluding hydrogens is 208 g/mol. The van der Waals surface area contributed by atoms with Gasteiger partial charge in [0.25, 0.3) is 0 Å². The van der Waals surface area contributed by atoms with Gasteiger partial charge in [0.15, 0.2) is 0 Å². The minimum atomic E-state index is -0.120. The first kappa shape index (κ1) is 11.7. The summed E-state index contributed by atoms with van der Waals surface area (Å²) < 4.78 is 10.6.